The predicted molar refractivity (Wildman–Crippen MR) is 80.2 cm³/mol. The first-order valence-corrected chi connectivity index (χ1v) is 7.80. The molecular formula is C15H31N3O. The highest BCUT2D eigenvalue weighted by atomic mass is 16.1. The van der Waals surface area contributed by atoms with Gasteiger partial charge in [-0.25, -0.2) is 0 Å². The summed E-state index contributed by atoms with van der Waals surface area (Å²) in [7, 11) is 0. The molecule has 1 fully saturated rings. The van der Waals surface area contributed by atoms with Gasteiger partial charge in [-0.3, -0.25) is 9.69 Å². The number of rotatable bonds is 8. The van der Waals surface area contributed by atoms with Gasteiger partial charge in [0.2, 0.25) is 5.91 Å². The van der Waals surface area contributed by atoms with Crippen molar-refractivity contribution in [2.45, 2.75) is 46.6 Å². The Bertz CT molecular complexity index is 258. The van der Waals surface area contributed by atoms with Gasteiger partial charge in [0.15, 0.2) is 0 Å². The van der Waals surface area contributed by atoms with Crippen LogP contribution in [-0.4, -0.2) is 49.6 Å². The van der Waals surface area contributed by atoms with Crippen LogP contribution in [0.25, 0.3) is 0 Å². The lowest BCUT2D eigenvalue weighted by Gasteiger charge is -2.31. The van der Waals surface area contributed by atoms with Crippen LogP contribution in [0, 0.1) is 11.8 Å². The number of amides is 1. The second-order valence-corrected chi connectivity index (χ2v) is 5.94. The van der Waals surface area contributed by atoms with E-state index in [1.54, 1.807) is 0 Å². The fraction of sp³-hybridized carbons (Fsp3) is 0.933. The van der Waals surface area contributed by atoms with Gasteiger partial charge in [0.1, 0.15) is 0 Å². The summed E-state index contributed by atoms with van der Waals surface area (Å²) < 4.78 is 0. The lowest BCUT2D eigenvalue weighted by molar-refractivity contribution is -0.124. The Morgan fingerprint density at radius 2 is 2.05 bits per heavy atom. The van der Waals surface area contributed by atoms with E-state index in [-0.39, 0.29) is 11.8 Å². The molecule has 0 aromatic rings. The molecule has 19 heavy (non-hydrogen) atoms. The fourth-order valence-corrected chi connectivity index (χ4v) is 2.89. The van der Waals surface area contributed by atoms with Gasteiger partial charge in [-0.05, 0) is 38.4 Å². The van der Waals surface area contributed by atoms with Crippen molar-refractivity contribution in [1.82, 2.24) is 15.5 Å². The average Bonchev–Trinajstić information content (AvgIpc) is 2.90. The van der Waals surface area contributed by atoms with Crippen LogP contribution < -0.4 is 10.6 Å². The van der Waals surface area contributed by atoms with Crippen molar-refractivity contribution in [3.63, 3.8) is 0 Å². The monoisotopic (exact) mass is 269 g/mol. The van der Waals surface area contributed by atoms with Crippen molar-refractivity contribution in [3.05, 3.63) is 0 Å². The molecule has 0 aromatic heterocycles. The molecule has 0 aliphatic carbocycles. The standard InChI is InChI=1S/C15H31N3O/c1-5-18(6-2)14(9-12(3)4)11-17-15(19)13-7-8-16-10-13/h12-14,16H,5-11H2,1-4H3,(H,17,19). The molecule has 0 saturated carbocycles. The van der Waals surface area contributed by atoms with Crippen LogP contribution in [0.3, 0.4) is 0 Å². The Hall–Kier alpha value is -0.610. The number of hydrogen-bond acceptors (Lipinski definition) is 3. The highest BCUT2D eigenvalue weighted by Crippen LogP contribution is 2.12. The lowest BCUT2D eigenvalue weighted by atomic mass is 10.0. The minimum atomic E-state index is 0.177. The molecule has 2 unspecified atom stereocenters. The van der Waals surface area contributed by atoms with Crippen molar-refractivity contribution in [2.75, 3.05) is 32.7 Å². The maximum Gasteiger partial charge on any atom is 0.224 e. The summed E-state index contributed by atoms with van der Waals surface area (Å²) in [5.41, 5.74) is 0. The van der Waals surface area contributed by atoms with Gasteiger partial charge in [-0.2, -0.15) is 0 Å². The minimum Gasteiger partial charge on any atom is -0.354 e. The van der Waals surface area contributed by atoms with E-state index in [0.717, 1.165) is 45.6 Å². The molecule has 2 N–H and O–H groups in total. The molecule has 0 spiro atoms. The van der Waals surface area contributed by atoms with Crippen molar-refractivity contribution < 1.29 is 4.79 Å². The predicted octanol–water partition coefficient (Wildman–Crippen LogP) is 1.47. The van der Waals surface area contributed by atoms with E-state index in [9.17, 15) is 4.79 Å². The third-order valence-electron chi connectivity index (χ3n) is 4.02. The molecule has 4 heteroatoms. The van der Waals surface area contributed by atoms with E-state index >= 15 is 0 Å². The summed E-state index contributed by atoms with van der Waals surface area (Å²) in [6.45, 7) is 13.6. The Morgan fingerprint density at radius 1 is 1.37 bits per heavy atom. The van der Waals surface area contributed by atoms with E-state index in [0.29, 0.717) is 12.0 Å². The maximum absolute atomic E-state index is 12.1. The zero-order valence-electron chi connectivity index (χ0n) is 13.0. The zero-order valence-corrected chi connectivity index (χ0v) is 13.0. The second-order valence-electron chi connectivity index (χ2n) is 5.94. The smallest absolute Gasteiger partial charge is 0.224 e. The van der Waals surface area contributed by atoms with E-state index < -0.39 is 0 Å². The first-order chi connectivity index (χ1) is 9.08. The first-order valence-electron chi connectivity index (χ1n) is 7.80. The van der Waals surface area contributed by atoms with Crippen molar-refractivity contribution in [1.29, 1.82) is 0 Å². The topological polar surface area (TPSA) is 44.4 Å². The molecule has 0 radical (unpaired) electrons. The molecule has 0 bridgehead atoms. The molecule has 1 aliphatic heterocycles. The van der Waals surface area contributed by atoms with Crippen molar-refractivity contribution in [3.8, 4) is 0 Å². The average molecular weight is 269 g/mol. The highest BCUT2D eigenvalue weighted by molar-refractivity contribution is 5.79. The van der Waals surface area contributed by atoms with Crippen molar-refractivity contribution in [2.24, 2.45) is 11.8 Å². The molecule has 0 aromatic carbocycles. The normalized spacial score (nSPS) is 21.1. The molecule has 1 amide bonds. The third kappa shape index (κ3) is 5.49. The van der Waals surface area contributed by atoms with Crippen LogP contribution in [0.4, 0.5) is 0 Å². The minimum absolute atomic E-state index is 0.177. The highest BCUT2D eigenvalue weighted by Gasteiger charge is 2.24. The van der Waals surface area contributed by atoms with Crippen LogP contribution >= 0.6 is 0 Å². The Morgan fingerprint density at radius 3 is 2.53 bits per heavy atom. The van der Waals surface area contributed by atoms with Gasteiger partial charge in [0, 0.05) is 19.1 Å². The Kier molecular flexibility index (Phi) is 7.39. The number of hydrogen-bond donors (Lipinski definition) is 2. The van der Waals surface area contributed by atoms with E-state index in [4.69, 9.17) is 0 Å². The van der Waals surface area contributed by atoms with E-state index in [1.807, 2.05) is 0 Å². The molecule has 1 saturated heterocycles. The Labute approximate surface area is 118 Å². The molecule has 1 heterocycles. The first kappa shape index (κ1) is 16.4. The molecule has 2 atom stereocenters. The maximum atomic E-state index is 12.1. The van der Waals surface area contributed by atoms with Crippen molar-refractivity contribution >= 4 is 5.91 Å². The summed E-state index contributed by atoms with van der Waals surface area (Å²) in [6, 6.07) is 0.466. The number of nitrogens with zero attached hydrogens (tertiary/aromatic N) is 1. The largest absolute Gasteiger partial charge is 0.354 e. The van der Waals surface area contributed by atoms with Crippen LogP contribution in [0.2, 0.25) is 0 Å². The van der Waals surface area contributed by atoms with Gasteiger partial charge >= 0.3 is 0 Å². The second kappa shape index (κ2) is 8.54. The van der Waals surface area contributed by atoms with Gasteiger partial charge in [-0.15, -0.1) is 0 Å². The van der Waals surface area contributed by atoms with Crippen LogP contribution in [0.1, 0.15) is 40.5 Å². The lowest BCUT2D eigenvalue weighted by Crippen LogP contribution is -2.46. The SMILES string of the molecule is CCN(CC)C(CNC(=O)C1CCNC1)CC(C)C. The molecule has 4 nitrogen and oxygen atoms in total. The van der Waals surface area contributed by atoms with Gasteiger partial charge in [0.05, 0.1) is 5.92 Å². The summed E-state index contributed by atoms with van der Waals surface area (Å²) in [4.78, 5) is 14.5. The third-order valence-corrected chi connectivity index (χ3v) is 4.02. The summed E-state index contributed by atoms with van der Waals surface area (Å²) in [5, 5.41) is 6.41. The quantitative estimate of drug-likeness (QED) is 0.701. The molecule has 1 aliphatic rings. The number of nitrogens with one attached hydrogen (secondary N) is 2. The zero-order chi connectivity index (χ0) is 14.3. The number of carbonyl (C=O) groups excluding carboxylic acids is 1. The van der Waals surface area contributed by atoms with Gasteiger partial charge < -0.3 is 10.6 Å². The van der Waals surface area contributed by atoms with Gasteiger partial charge in [0.25, 0.3) is 0 Å². The van der Waals surface area contributed by atoms with E-state index in [1.165, 1.54) is 0 Å². The van der Waals surface area contributed by atoms with Crippen LogP contribution in [-0.2, 0) is 4.79 Å². The van der Waals surface area contributed by atoms with Gasteiger partial charge in [-0.1, -0.05) is 27.7 Å². The fourth-order valence-electron chi connectivity index (χ4n) is 2.89. The molecule has 112 valence electrons. The summed E-state index contributed by atoms with van der Waals surface area (Å²) in [5.74, 6) is 1.07. The van der Waals surface area contributed by atoms with Crippen LogP contribution in [0.15, 0.2) is 0 Å². The Balaban J connectivity index is 2.44. The summed E-state index contributed by atoms with van der Waals surface area (Å²) in [6.07, 6.45) is 2.12. The molecule has 1 rings (SSSR count). The number of likely N-dealkylation sites (N-methyl/N-ethyl adjacent to an activating group) is 1. The van der Waals surface area contributed by atoms with Crippen LogP contribution in [0.5, 0.6) is 0 Å². The summed E-state index contributed by atoms with van der Waals surface area (Å²) >= 11 is 0. The molecular weight excluding hydrogens is 238 g/mol. The van der Waals surface area contributed by atoms with E-state index in [2.05, 4.69) is 43.2 Å². The number of carbonyl (C=O) groups is 1.